The molecule has 0 spiro atoms. The molecule has 0 heterocycles. The number of methoxy groups -OCH3 is 1. The number of aryl methyl sites for hydroxylation is 1. The molecule has 0 fully saturated rings. The van der Waals surface area contributed by atoms with Crippen molar-refractivity contribution in [1.82, 2.24) is 5.32 Å². The van der Waals surface area contributed by atoms with Crippen molar-refractivity contribution in [3.8, 4) is 5.75 Å². The monoisotopic (exact) mass is 297 g/mol. The van der Waals surface area contributed by atoms with E-state index in [1.165, 1.54) is 5.56 Å². The lowest BCUT2D eigenvalue weighted by atomic mass is 9.86. The molecule has 0 aliphatic carbocycles. The van der Waals surface area contributed by atoms with E-state index >= 15 is 0 Å². The number of hydrogen-bond donors (Lipinski definition) is 1. The van der Waals surface area contributed by atoms with Gasteiger partial charge in [0.15, 0.2) is 0 Å². The first kappa shape index (κ1) is 17.3. The summed E-state index contributed by atoms with van der Waals surface area (Å²) in [5, 5.41) is 4.24. The normalized spacial score (nSPS) is 11.9. The van der Waals surface area contributed by atoms with E-state index in [0.717, 1.165) is 31.7 Å². The van der Waals surface area contributed by atoms with Gasteiger partial charge >= 0.3 is 0 Å². The van der Waals surface area contributed by atoms with Gasteiger partial charge < -0.3 is 10.1 Å². The molecule has 0 aliphatic heterocycles. The molecule has 20 heavy (non-hydrogen) atoms. The summed E-state index contributed by atoms with van der Waals surface area (Å²) in [5.74, 6) is 1.44. The second-order valence-electron chi connectivity index (χ2n) is 6.66. The quantitative estimate of drug-likeness (QED) is 0.760. The van der Waals surface area contributed by atoms with E-state index in [-0.39, 0.29) is 0 Å². The molecule has 0 atom stereocenters. The smallest absolute Gasteiger partial charge is 0.137 e. The predicted molar refractivity (Wildman–Crippen MR) is 87.8 cm³/mol. The molecule has 114 valence electrons. The highest BCUT2D eigenvalue weighted by Gasteiger charge is 2.17. The molecule has 2 nitrogen and oxygen atoms in total. The van der Waals surface area contributed by atoms with E-state index in [9.17, 15) is 0 Å². The summed E-state index contributed by atoms with van der Waals surface area (Å²) >= 11 is 6.16. The van der Waals surface area contributed by atoms with E-state index in [0.29, 0.717) is 16.4 Å². The van der Waals surface area contributed by atoms with Crippen LogP contribution in [-0.2, 0) is 6.42 Å². The molecule has 1 aromatic carbocycles. The molecular weight excluding hydrogens is 270 g/mol. The summed E-state index contributed by atoms with van der Waals surface area (Å²) in [7, 11) is 1.64. The lowest BCUT2D eigenvalue weighted by Crippen LogP contribution is -2.32. The van der Waals surface area contributed by atoms with Gasteiger partial charge in [-0.25, -0.2) is 0 Å². The fourth-order valence-corrected chi connectivity index (χ4v) is 2.42. The number of hydrogen-bond acceptors (Lipinski definition) is 2. The van der Waals surface area contributed by atoms with Gasteiger partial charge in [-0.05, 0) is 48.4 Å². The third-order valence-electron chi connectivity index (χ3n) is 3.46. The summed E-state index contributed by atoms with van der Waals surface area (Å²) in [5.41, 5.74) is 1.56. The second-order valence-corrected chi connectivity index (χ2v) is 7.07. The molecule has 1 rings (SSSR count). The largest absolute Gasteiger partial charge is 0.495 e. The standard InChI is InChI=1S/C17H28ClNO/c1-13(2)11-19-12-17(3,4)9-8-14-6-7-16(20-5)15(18)10-14/h6-7,10,13,19H,8-9,11-12H2,1-5H3. The SMILES string of the molecule is COc1ccc(CCC(C)(C)CNCC(C)C)cc1Cl. The van der Waals surface area contributed by atoms with Crippen LogP contribution in [0.15, 0.2) is 18.2 Å². The molecular formula is C17H28ClNO. The van der Waals surface area contributed by atoms with E-state index in [2.05, 4.69) is 39.1 Å². The first-order valence-electron chi connectivity index (χ1n) is 7.37. The van der Waals surface area contributed by atoms with Crippen LogP contribution in [0.1, 0.15) is 39.7 Å². The molecule has 0 saturated heterocycles. The third-order valence-corrected chi connectivity index (χ3v) is 3.76. The summed E-state index contributed by atoms with van der Waals surface area (Å²) in [4.78, 5) is 0. The van der Waals surface area contributed by atoms with Gasteiger partial charge in [-0.1, -0.05) is 45.4 Å². The zero-order valence-corrected chi connectivity index (χ0v) is 14.2. The van der Waals surface area contributed by atoms with Gasteiger partial charge in [-0.3, -0.25) is 0 Å². The number of rotatable bonds is 8. The van der Waals surface area contributed by atoms with Gasteiger partial charge in [0.05, 0.1) is 12.1 Å². The molecule has 0 aromatic heterocycles. The number of ether oxygens (including phenoxy) is 1. The van der Waals surface area contributed by atoms with Crippen molar-refractivity contribution in [2.75, 3.05) is 20.2 Å². The lowest BCUT2D eigenvalue weighted by Gasteiger charge is -2.25. The van der Waals surface area contributed by atoms with Crippen LogP contribution in [0.5, 0.6) is 5.75 Å². The van der Waals surface area contributed by atoms with Crippen molar-refractivity contribution in [1.29, 1.82) is 0 Å². The summed E-state index contributed by atoms with van der Waals surface area (Å²) in [6, 6.07) is 6.06. The van der Waals surface area contributed by atoms with Crippen LogP contribution in [0.3, 0.4) is 0 Å². The Morgan fingerprint density at radius 1 is 1.30 bits per heavy atom. The Hall–Kier alpha value is -0.730. The fraction of sp³-hybridized carbons (Fsp3) is 0.647. The van der Waals surface area contributed by atoms with E-state index in [4.69, 9.17) is 16.3 Å². The number of halogens is 1. The minimum absolute atomic E-state index is 0.293. The maximum absolute atomic E-state index is 6.16. The molecule has 0 amide bonds. The summed E-state index contributed by atoms with van der Waals surface area (Å²) in [6.07, 6.45) is 2.18. The molecule has 0 aliphatic rings. The number of benzene rings is 1. The zero-order chi connectivity index (χ0) is 15.2. The molecule has 0 unspecified atom stereocenters. The van der Waals surface area contributed by atoms with Gasteiger partial charge in [-0.2, -0.15) is 0 Å². The Kier molecular flexibility index (Phi) is 6.84. The molecule has 3 heteroatoms. The molecule has 1 N–H and O–H groups in total. The first-order chi connectivity index (χ1) is 9.34. The van der Waals surface area contributed by atoms with E-state index in [1.807, 2.05) is 12.1 Å². The second kappa shape index (κ2) is 7.90. The minimum atomic E-state index is 0.293. The van der Waals surface area contributed by atoms with Gasteiger partial charge in [0.25, 0.3) is 0 Å². The zero-order valence-electron chi connectivity index (χ0n) is 13.4. The van der Waals surface area contributed by atoms with Crippen molar-refractivity contribution in [2.45, 2.75) is 40.5 Å². The highest BCUT2D eigenvalue weighted by molar-refractivity contribution is 6.32. The molecule has 1 aromatic rings. The first-order valence-corrected chi connectivity index (χ1v) is 7.75. The highest BCUT2D eigenvalue weighted by Crippen LogP contribution is 2.27. The Bertz CT molecular complexity index is 415. The van der Waals surface area contributed by atoms with E-state index in [1.54, 1.807) is 7.11 Å². The van der Waals surface area contributed by atoms with Crippen molar-refractivity contribution in [3.63, 3.8) is 0 Å². The molecule has 0 radical (unpaired) electrons. The predicted octanol–water partition coefficient (Wildman–Crippen LogP) is 4.55. The van der Waals surface area contributed by atoms with Crippen LogP contribution < -0.4 is 10.1 Å². The van der Waals surface area contributed by atoms with Crippen molar-refractivity contribution in [2.24, 2.45) is 11.3 Å². The molecule has 0 saturated carbocycles. The van der Waals surface area contributed by atoms with Crippen LogP contribution in [0.4, 0.5) is 0 Å². The van der Waals surface area contributed by atoms with Gasteiger partial charge in [-0.15, -0.1) is 0 Å². The van der Waals surface area contributed by atoms with Crippen LogP contribution in [-0.4, -0.2) is 20.2 Å². The van der Waals surface area contributed by atoms with Crippen molar-refractivity contribution >= 4 is 11.6 Å². The third kappa shape index (κ3) is 6.15. The van der Waals surface area contributed by atoms with Crippen LogP contribution in [0.25, 0.3) is 0 Å². The minimum Gasteiger partial charge on any atom is -0.495 e. The van der Waals surface area contributed by atoms with E-state index < -0.39 is 0 Å². The Morgan fingerprint density at radius 3 is 2.55 bits per heavy atom. The maximum Gasteiger partial charge on any atom is 0.137 e. The Balaban J connectivity index is 2.46. The van der Waals surface area contributed by atoms with Crippen molar-refractivity contribution in [3.05, 3.63) is 28.8 Å². The van der Waals surface area contributed by atoms with Gasteiger partial charge in [0, 0.05) is 6.54 Å². The molecule has 0 bridgehead atoms. The Labute approximate surface area is 128 Å². The van der Waals surface area contributed by atoms with Crippen molar-refractivity contribution < 1.29 is 4.74 Å². The average molecular weight is 298 g/mol. The summed E-state index contributed by atoms with van der Waals surface area (Å²) < 4.78 is 5.18. The van der Waals surface area contributed by atoms with Crippen LogP contribution >= 0.6 is 11.6 Å². The van der Waals surface area contributed by atoms with Crippen LogP contribution in [0, 0.1) is 11.3 Å². The maximum atomic E-state index is 6.16. The topological polar surface area (TPSA) is 21.3 Å². The fourth-order valence-electron chi connectivity index (χ4n) is 2.14. The average Bonchev–Trinajstić information content (AvgIpc) is 2.36. The highest BCUT2D eigenvalue weighted by atomic mass is 35.5. The van der Waals surface area contributed by atoms with Gasteiger partial charge in [0.1, 0.15) is 5.75 Å². The van der Waals surface area contributed by atoms with Crippen LogP contribution in [0.2, 0.25) is 5.02 Å². The lowest BCUT2D eigenvalue weighted by molar-refractivity contribution is 0.308. The number of nitrogens with one attached hydrogen (secondary N) is 1. The summed E-state index contributed by atoms with van der Waals surface area (Å²) in [6.45, 7) is 11.2. The Morgan fingerprint density at radius 2 is 2.00 bits per heavy atom. The van der Waals surface area contributed by atoms with Gasteiger partial charge in [0.2, 0.25) is 0 Å².